The molecule has 77 heavy (non-hydrogen) atoms. The van der Waals surface area contributed by atoms with Gasteiger partial charge < -0.3 is 59.9 Å². The number of nitrogens with one attached hydrogen (secondary N) is 3. The number of methoxy groups -OCH3 is 2. The zero-order valence-corrected chi connectivity index (χ0v) is 46.9. The molecule has 4 aromatic heterocycles. The molecule has 0 aliphatic rings. The molecule has 0 aliphatic carbocycles. The average molecular weight is 1070 g/mol. The molecule has 5 N–H and O–H groups in total. The van der Waals surface area contributed by atoms with Crippen molar-refractivity contribution >= 4 is 90.6 Å². The maximum Gasteiger partial charge on any atom is 0.244 e. The largest absolute Gasteiger partial charge is 0.494 e. The Morgan fingerprint density at radius 3 is 1.55 bits per heavy atom. The smallest absolute Gasteiger partial charge is 0.244 e. The average Bonchev–Trinajstić information content (AvgIpc) is 3.99. The van der Waals surface area contributed by atoms with E-state index in [0.717, 1.165) is 107 Å². The first-order valence-electron chi connectivity index (χ1n) is 25.4. The van der Waals surface area contributed by atoms with Crippen molar-refractivity contribution < 1.29 is 19.1 Å². The Balaban J connectivity index is 0.000000230. The lowest BCUT2D eigenvalue weighted by Gasteiger charge is -2.26. The van der Waals surface area contributed by atoms with Crippen LogP contribution in [0.3, 0.4) is 0 Å². The number of aryl methyl sites for hydroxylation is 2. The molecule has 8 rings (SSSR count). The molecule has 18 nitrogen and oxygen atoms in total. The number of carbonyl (C=O) groups is 2. The van der Waals surface area contributed by atoms with Crippen LogP contribution in [0, 0.1) is 0 Å². The van der Waals surface area contributed by atoms with Crippen molar-refractivity contribution in [2.45, 2.75) is 27.2 Å². The SMILES string of the molecule is C=CC(=O)Cl.CCC(=O)Nc1cc(Nc2nccc(-c3cn(C)c4ccccc34)n2)c(OC)cc1N(C)CCN(C)CC.CCN(C)CCN(C)c1cc(OC)c(Nc2nccc(-c3cn(C)c4ccccc34)n2)cc1N. The number of nitrogens with zero attached hydrogens (tertiary/aromatic N) is 10. The Morgan fingerprint density at radius 2 is 1.10 bits per heavy atom. The summed E-state index contributed by atoms with van der Waals surface area (Å²) in [7, 11) is 15.6. The first kappa shape index (κ1) is 58.1. The van der Waals surface area contributed by atoms with Crippen molar-refractivity contribution in [2.24, 2.45) is 14.1 Å². The number of nitrogen functional groups attached to an aromatic ring is 1. The predicted octanol–water partition coefficient (Wildman–Crippen LogP) is 10.4. The minimum Gasteiger partial charge on any atom is -0.494 e. The lowest BCUT2D eigenvalue weighted by atomic mass is 10.1. The fourth-order valence-corrected chi connectivity index (χ4v) is 8.34. The number of hydrogen-bond acceptors (Lipinski definition) is 15. The molecule has 4 aromatic carbocycles. The van der Waals surface area contributed by atoms with Crippen LogP contribution < -0.4 is 41.0 Å². The van der Waals surface area contributed by atoms with Crippen LogP contribution in [-0.4, -0.2) is 132 Å². The molecule has 0 unspecified atom stereocenters. The van der Waals surface area contributed by atoms with Crippen LogP contribution in [0.4, 0.5) is 46.0 Å². The summed E-state index contributed by atoms with van der Waals surface area (Å²) in [5.41, 5.74) is 17.0. The van der Waals surface area contributed by atoms with Crippen LogP contribution in [0.2, 0.25) is 0 Å². The number of likely N-dealkylation sites (N-methyl/N-ethyl adjacent to an activating group) is 4. The summed E-state index contributed by atoms with van der Waals surface area (Å²) in [5, 5.41) is 11.4. The van der Waals surface area contributed by atoms with Crippen molar-refractivity contribution in [3.8, 4) is 34.0 Å². The maximum absolute atomic E-state index is 12.4. The molecule has 0 fully saturated rings. The number of fused-ring (bicyclic) bond motifs is 2. The van der Waals surface area contributed by atoms with Gasteiger partial charge in [-0.3, -0.25) is 9.59 Å². The number of aromatic nitrogens is 6. The van der Waals surface area contributed by atoms with E-state index >= 15 is 0 Å². The fourth-order valence-electron chi connectivity index (χ4n) is 8.34. The first-order valence-corrected chi connectivity index (χ1v) is 25.8. The van der Waals surface area contributed by atoms with Crippen LogP contribution in [0.15, 0.2) is 122 Å². The Bertz CT molecular complexity index is 3290. The zero-order valence-electron chi connectivity index (χ0n) is 46.2. The summed E-state index contributed by atoms with van der Waals surface area (Å²) in [4.78, 5) is 49.1. The highest BCUT2D eigenvalue weighted by molar-refractivity contribution is 6.66. The highest BCUT2D eigenvalue weighted by Gasteiger charge is 2.19. The van der Waals surface area contributed by atoms with Crippen molar-refractivity contribution in [3.63, 3.8) is 0 Å². The van der Waals surface area contributed by atoms with Crippen molar-refractivity contribution in [2.75, 3.05) is 113 Å². The number of allylic oxidation sites excluding steroid dienone is 1. The molecule has 0 saturated carbocycles. The summed E-state index contributed by atoms with van der Waals surface area (Å²) in [6, 6.07) is 28.0. The highest BCUT2D eigenvalue weighted by atomic mass is 35.5. The summed E-state index contributed by atoms with van der Waals surface area (Å²) in [6.45, 7) is 14.7. The van der Waals surface area contributed by atoms with Gasteiger partial charge in [0.05, 0.1) is 59.7 Å². The van der Waals surface area contributed by atoms with Gasteiger partial charge in [0.25, 0.3) is 0 Å². The highest BCUT2D eigenvalue weighted by Crippen LogP contribution is 2.40. The predicted molar refractivity (Wildman–Crippen MR) is 318 cm³/mol. The number of para-hydroxylation sites is 2. The number of hydrogen-bond donors (Lipinski definition) is 4. The van der Waals surface area contributed by atoms with Crippen molar-refractivity contribution in [3.05, 3.63) is 122 Å². The second-order valence-electron chi connectivity index (χ2n) is 18.3. The number of halogens is 1. The number of nitrogens with two attached hydrogens (primary N) is 1. The van der Waals surface area contributed by atoms with Crippen LogP contribution in [-0.2, 0) is 23.7 Å². The van der Waals surface area contributed by atoms with E-state index in [1.807, 2.05) is 95.8 Å². The van der Waals surface area contributed by atoms with Crippen molar-refractivity contribution in [1.82, 2.24) is 38.9 Å². The molecule has 0 bridgehead atoms. The van der Waals surface area contributed by atoms with E-state index < -0.39 is 5.24 Å². The number of carbonyl (C=O) groups excluding carboxylic acids is 2. The summed E-state index contributed by atoms with van der Waals surface area (Å²) >= 11 is 4.71. The van der Waals surface area contributed by atoms with E-state index in [0.29, 0.717) is 46.9 Å². The molecule has 406 valence electrons. The van der Waals surface area contributed by atoms with Gasteiger partial charge in [-0.15, -0.1) is 0 Å². The van der Waals surface area contributed by atoms with E-state index in [2.05, 4.69) is 126 Å². The van der Waals surface area contributed by atoms with Gasteiger partial charge in [-0.2, -0.15) is 0 Å². The minimum absolute atomic E-state index is 0.0596. The second kappa shape index (κ2) is 27.6. The van der Waals surface area contributed by atoms with E-state index in [1.165, 1.54) is 0 Å². The third-order valence-electron chi connectivity index (χ3n) is 13.1. The normalized spacial score (nSPS) is 10.9. The summed E-state index contributed by atoms with van der Waals surface area (Å²) < 4.78 is 15.6. The van der Waals surface area contributed by atoms with E-state index in [-0.39, 0.29) is 5.91 Å². The Morgan fingerprint density at radius 1 is 0.662 bits per heavy atom. The standard InChI is InChI=1S/C29H37N7O2.C26H33N7O.C3H3ClO/c1-7-28(37)31-23-17-24(27(38-6)18-26(23)35(4)16-15-34(3)8-2)33-29-30-14-13-22(32-29)21-19-36(5)25-12-10-9-11-20(21)25;1-6-31(2)13-14-32(3)24-16-25(34-5)22(15-20(24)27)30-26-28-12-11-21(29-26)19-17-33(4)23-10-8-7-9-18(19)23;1-2-3(4)5/h9-14,17-19H,7-8,15-16H2,1-6H3,(H,31,37)(H,30,32,33);7-12,15-17H,6,13-14,27H2,1-5H3,(H,28,29,30);2H,1H2. The molecule has 0 saturated heterocycles. The van der Waals surface area contributed by atoms with Gasteiger partial charge in [-0.25, -0.2) is 19.9 Å². The molecule has 0 radical (unpaired) electrons. The maximum atomic E-state index is 12.4. The molecule has 0 spiro atoms. The number of rotatable bonds is 21. The summed E-state index contributed by atoms with van der Waals surface area (Å²) in [6.07, 6.45) is 9.10. The number of amides is 1. The van der Waals surface area contributed by atoms with Gasteiger partial charge in [0.2, 0.25) is 23.0 Å². The molecule has 4 heterocycles. The summed E-state index contributed by atoms with van der Waals surface area (Å²) in [5.74, 6) is 2.17. The zero-order chi connectivity index (χ0) is 55.8. The minimum atomic E-state index is -0.509. The topological polar surface area (TPSA) is 189 Å². The van der Waals surface area contributed by atoms with Crippen LogP contribution >= 0.6 is 11.6 Å². The Hall–Kier alpha value is -8.19. The van der Waals surface area contributed by atoms with E-state index in [9.17, 15) is 9.59 Å². The quantitative estimate of drug-likeness (QED) is 0.0302. The molecule has 1 amide bonds. The van der Waals surface area contributed by atoms with Gasteiger partial charge in [-0.05, 0) is 81.3 Å². The third kappa shape index (κ3) is 15.0. The Labute approximate surface area is 457 Å². The number of benzene rings is 4. The molecule has 19 heteroatoms. The van der Waals surface area contributed by atoms with Crippen LogP contribution in [0.5, 0.6) is 11.5 Å². The number of ether oxygens (including phenoxy) is 2. The fraction of sp³-hybridized carbons (Fsp3) is 0.310. The lowest BCUT2D eigenvalue weighted by Crippen LogP contribution is -2.31. The van der Waals surface area contributed by atoms with E-state index in [4.69, 9.17) is 36.8 Å². The first-order chi connectivity index (χ1) is 37.0. The molecule has 0 atom stereocenters. The van der Waals surface area contributed by atoms with Gasteiger partial charge in [-0.1, -0.05) is 63.7 Å². The Kier molecular flexibility index (Phi) is 20.8. The van der Waals surface area contributed by atoms with Crippen molar-refractivity contribution in [1.29, 1.82) is 0 Å². The van der Waals surface area contributed by atoms with E-state index in [1.54, 1.807) is 26.6 Å². The van der Waals surface area contributed by atoms with Gasteiger partial charge in [0, 0.05) is 131 Å². The van der Waals surface area contributed by atoms with Crippen LogP contribution in [0.1, 0.15) is 27.2 Å². The molecular weight excluding hydrogens is 992 g/mol. The van der Waals surface area contributed by atoms with Gasteiger partial charge in [0.15, 0.2) is 0 Å². The molecule has 8 aromatic rings. The molecular formula is C58H73ClN14O4. The molecule has 0 aliphatic heterocycles. The third-order valence-corrected chi connectivity index (χ3v) is 13.3. The van der Waals surface area contributed by atoms with Crippen LogP contribution in [0.25, 0.3) is 44.3 Å². The second-order valence-corrected chi connectivity index (χ2v) is 18.7. The lowest BCUT2D eigenvalue weighted by molar-refractivity contribution is -0.116. The van der Waals surface area contributed by atoms with Gasteiger partial charge in [0.1, 0.15) is 11.5 Å². The monoisotopic (exact) mass is 1060 g/mol. The number of anilines is 8. The van der Waals surface area contributed by atoms with Gasteiger partial charge >= 0.3 is 0 Å².